The third kappa shape index (κ3) is 2.85. The van der Waals surface area contributed by atoms with Gasteiger partial charge in [0, 0.05) is 34.4 Å². The van der Waals surface area contributed by atoms with Crippen molar-refractivity contribution in [3.8, 4) is 11.3 Å². The minimum absolute atomic E-state index is 0.374. The Kier molecular flexibility index (Phi) is 4.03. The maximum absolute atomic E-state index is 14.2. The topological polar surface area (TPSA) is 96.2 Å². The van der Waals surface area contributed by atoms with E-state index in [9.17, 15) is 9.18 Å². The number of benzene rings is 1. The number of aryl methyl sites for hydroxylation is 1. The molecule has 1 amide bonds. The van der Waals surface area contributed by atoms with Crippen molar-refractivity contribution in [1.82, 2.24) is 15.3 Å². The number of carbonyl (C=O) groups excluding carboxylic acids is 1. The van der Waals surface area contributed by atoms with Crippen molar-refractivity contribution in [2.75, 3.05) is 0 Å². The van der Waals surface area contributed by atoms with Gasteiger partial charge in [0.2, 0.25) is 5.91 Å². The second-order valence-corrected chi connectivity index (χ2v) is 7.33. The third-order valence-electron chi connectivity index (χ3n) is 5.04. The van der Waals surface area contributed by atoms with Crippen molar-refractivity contribution in [2.45, 2.75) is 26.3 Å². The summed E-state index contributed by atoms with van der Waals surface area (Å²) in [7, 11) is 0. The van der Waals surface area contributed by atoms with Gasteiger partial charge in [0.25, 0.3) is 0 Å². The van der Waals surface area contributed by atoms with E-state index in [1.807, 2.05) is 39.0 Å². The lowest BCUT2D eigenvalue weighted by Crippen LogP contribution is -2.39. The number of halogens is 1. The zero-order valence-electron chi connectivity index (χ0n) is 15.8. The van der Waals surface area contributed by atoms with Gasteiger partial charge in [0.1, 0.15) is 5.84 Å². The van der Waals surface area contributed by atoms with Crippen molar-refractivity contribution >= 4 is 22.6 Å². The van der Waals surface area contributed by atoms with Crippen LogP contribution in [0.3, 0.4) is 0 Å². The number of primary amides is 1. The third-order valence-corrected chi connectivity index (χ3v) is 5.04. The van der Waals surface area contributed by atoms with Crippen LogP contribution in [0.1, 0.15) is 25.0 Å². The summed E-state index contributed by atoms with van der Waals surface area (Å²) in [6.45, 7) is 5.63. The molecule has 1 aliphatic heterocycles. The van der Waals surface area contributed by atoms with Crippen LogP contribution in [0.4, 0.5) is 4.39 Å². The molecule has 4 N–H and O–H groups in total. The maximum atomic E-state index is 14.2. The monoisotopic (exact) mass is 377 g/mol. The molecular weight excluding hydrogens is 357 g/mol. The van der Waals surface area contributed by atoms with Crippen LogP contribution in [-0.2, 0) is 4.79 Å². The molecule has 0 saturated heterocycles. The number of nitrogens with one attached hydrogen (secondary N) is 2. The van der Waals surface area contributed by atoms with Crippen LogP contribution in [-0.4, -0.2) is 27.2 Å². The molecule has 1 aliphatic rings. The lowest BCUT2D eigenvalue weighted by Gasteiger charge is -2.27. The predicted octanol–water partition coefficient (Wildman–Crippen LogP) is 3.18. The second-order valence-electron chi connectivity index (χ2n) is 7.33. The Morgan fingerprint density at radius 3 is 2.71 bits per heavy atom. The van der Waals surface area contributed by atoms with Crippen LogP contribution in [0.2, 0.25) is 0 Å². The molecule has 3 heterocycles. The van der Waals surface area contributed by atoms with E-state index in [2.05, 4.69) is 20.3 Å². The van der Waals surface area contributed by atoms with Gasteiger partial charge in [-0.3, -0.25) is 14.8 Å². The highest BCUT2D eigenvalue weighted by molar-refractivity contribution is 6.06. The molecule has 4 rings (SSSR count). The Labute approximate surface area is 161 Å². The van der Waals surface area contributed by atoms with Crippen molar-refractivity contribution in [1.29, 1.82) is 0 Å². The summed E-state index contributed by atoms with van der Waals surface area (Å²) in [5.74, 6) is -0.225. The van der Waals surface area contributed by atoms with Gasteiger partial charge in [0.15, 0.2) is 5.82 Å². The smallest absolute Gasteiger partial charge is 0.248 e. The number of nitrogens with two attached hydrogens (primary N) is 1. The molecule has 0 atom stereocenters. The van der Waals surface area contributed by atoms with Crippen molar-refractivity contribution < 1.29 is 9.18 Å². The van der Waals surface area contributed by atoms with E-state index < -0.39 is 11.4 Å². The van der Waals surface area contributed by atoms with Gasteiger partial charge in [0.05, 0.1) is 23.0 Å². The fourth-order valence-electron chi connectivity index (χ4n) is 3.53. The molecule has 0 saturated carbocycles. The summed E-state index contributed by atoms with van der Waals surface area (Å²) in [4.78, 5) is 23.4. The Bertz CT molecular complexity index is 1170. The summed E-state index contributed by atoms with van der Waals surface area (Å²) >= 11 is 0. The second kappa shape index (κ2) is 6.30. The summed E-state index contributed by atoms with van der Waals surface area (Å²) in [6.07, 6.45) is 4.38. The zero-order chi connectivity index (χ0) is 20.1. The van der Waals surface area contributed by atoms with Gasteiger partial charge in [-0.1, -0.05) is 0 Å². The fourth-order valence-corrected chi connectivity index (χ4v) is 3.53. The van der Waals surface area contributed by atoms with E-state index >= 15 is 0 Å². The average Bonchev–Trinajstić information content (AvgIpc) is 2.97. The van der Waals surface area contributed by atoms with Crippen molar-refractivity contribution in [3.05, 3.63) is 65.4 Å². The largest absolute Gasteiger partial charge is 0.366 e. The number of aliphatic imine (C=N–C) groups is 1. The zero-order valence-corrected chi connectivity index (χ0v) is 15.8. The molecule has 0 bridgehead atoms. The number of aromatic amines is 1. The molecule has 1 aromatic carbocycles. The number of aromatic nitrogens is 2. The van der Waals surface area contributed by atoms with Crippen LogP contribution >= 0.6 is 0 Å². The molecule has 0 radical (unpaired) electrons. The van der Waals surface area contributed by atoms with Crippen LogP contribution in [0.15, 0.2) is 53.4 Å². The maximum Gasteiger partial charge on any atom is 0.248 e. The Balaban J connectivity index is 1.79. The van der Waals surface area contributed by atoms with Crippen LogP contribution in [0.25, 0.3) is 22.2 Å². The molecule has 0 fully saturated rings. The van der Waals surface area contributed by atoms with Gasteiger partial charge in [-0.15, -0.1) is 0 Å². The van der Waals surface area contributed by atoms with E-state index in [0.717, 1.165) is 27.7 Å². The first kappa shape index (κ1) is 17.9. The number of carbonyl (C=O) groups is 1. The number of fused-ring (bicyclic) bond motifs is 1. The van der Waals surface area contributed by atoms with E-state index in [1.165, 1.54) is 6.20 Å². The van der Waals surface area contributed by atoms with E-state index in [1.54, 1.807) is 18.5 Å². The van der Waals surface area contributed by atoms with Crippen LogP contribution in [0.5, 0.6) is 0 Å². The number of amidine groups is 1. The summed E-state index contributed by atoms with van der Waals surface area (Å²) < 4.78 is 14.2. The first-order valence-electron chi connectivity index (χ1n) is 8.87. The molecule has 0 aliphatic carbocycles. The summed E-state index contributed by atoms with van der Waals surface area (Å²) in [6, 6.07) is 7.51. The Hall–Kier alpha value is -3.48. The number of H-pyrrole nitrogens is 1. The minimum Gasteiger partial charge on any atom is -0.366 e. The molecule has 3 aromatic rings. The highest BCUT2D eigenvalue weighted by Crippen LogP contribution is 2.32. The number of nitrogens with zero attached hydrogens (tertiary/aromatic N) is 2. The molecule has 0 unspecified atom stereocenters. The highest BCUT2D eigenvalue weighted by atomic mass is 19.1. The fraction of sp³-hybridized carbons (Fsp3) is 0.190. The highest BCUT2D eigenvalue weighted by Gasteiger charge is 2.30. The molecule has 28 heavy (non-hydrogen) atoms. The molecule has 142 valence electrons. The Morgan fingerprint density at radius 2 is 2.04 bits per heavy atom. The quantitative estimate of drug-likeness (QED) is 0.654. The van der Waals surface area contributed by atoms with Crippen LogP contribution < -0.4 is 11.1 Å². The van der Waals surface area contributed by atoms with Gasteiger partial charge >= 0.3 is 0 Å². The number of hydrogen-bond acceptors (Lipinski definition) is 4. The van der Waals surface area contributed by atoms with E-state index in [-0.39, 0.29) is 5.82 Å². The van der Waals surface area contributed by atoms with E-state index in [4.69, 9.17) is 5.73 Å². The minimum atomic E-state index is -0.722. The van der Waals surface area contributed by atoms with Gasteiger partial charge < -0.3 is 16.0 Å². The summed E-state index contributed by atoms with van der Waals surface area (Å²) in [5.41, 5.74) is 9.04. The predicted molar refractivity (Wildman–Crippen MR) is 107 cm³/mol. The first-order valence-corrected chi connectivity index (χ1v) is 8.87. The molecule has 6 nitrogen and oxygen atoms in total. The van der Waals surface area contributed by atoms with Crippen molar-refractivity contribution in [3.63, 3.8) is 0 Å². The molecule has 2 aromatic heterocycles. The molecular formula is C21H20FN5O. The van der Waals surface area contributed by atoms with Gasteiger partial charge in [-0.25, -0.2) is 4.39 Å². The number of hydrogen-bond donors (Lipinski definition) is 3. The summed E-state index contributed by atoms with van der Waals surface area (Å²) in [5, 5.41) is 4.03. The van der Waals surface area contributed by atoms with Crippen molar-refractivity contribution in [2.24, 2.45) is 10.7 Å². The lowest BCUT2D eigenvalue weighted by atomic mass is 9.93. The normalized spacial score (nSPS) is 15.7. The SMILES string of the molecule is Cc1c(-c2ccncc2F)[nH]c2ccc(C3=NC(C)(C)C(C(N)=O)=CN3)cc12. The standard InChI is InChI=1S/C21H20FN5O/c1-11-14-8-12(20-25-9-15(19(23)28)21(2,3)27-20)4-5-17(14)26-18(11)13-6-7-24-10-16(13)22/h4-10,26H,1-3H3,(H2,23,28)(H,25,27). The first-order chi connectivity index (χ1) is 13.3. The molecule has 7 heteroatoms. The average molecular weight is 377 g/mol. The van der Waals surface area contributed by atoms with Gasteiger partial charge in [-0.2, -0.15) is 0 Å². The number of pyridine rings is 1. The number of amides is 1. The van der Waals surface area contributed by atoms with E-state index in [0.29, 0.717) is 17.0 Å². The number of rotatable bonds is 3. The van der Waals surface area contributed by atoms with Gasteiger partial charge in [-0.05, 0) is 50.6 Å². The Morgan fingerprint density at radius 1 is 1.25 bits per heavy atom. The molecule has 0 spiro atoms. The lowest BCUT2D eigenvalue weighted by molar-refractivity contribution is -0.115. The van der Waals surface area contributed by atoms with Crippen LogP contribution in [0, 0.1) is 12.7 Å².